The Balaban J connectivity index is 2.12. The van der Waals surface area contributed by atoms with Crippen molar-refractivity contribution >= 4 is 5.91 Å². The van der Waals surface area contributed by atoms with Gasteiger partial charge in [-0.05, 0) is 39.2 Å². The molecule has 0 radical (unpaired) electrons. The number of hydrogen-bond donors (Lipinski definition) is 0. The highest BCUT2D eigenvalue weighted by Crippen LogP contribution is 2.36. The van der Waals surface area contributed by atoms with Crippen molar-refractivity contribution in [1.29, 1.82) is 0 Å². The molecule has 2 fully saturated rings. The first-order chi connectivity index (χ1) is 7.14. The summed E-state index contributed by atoms with van der Waals surface area (Å²) in [5.41, 5.74) is 0.219. The maximum Gasteiger partial charge on any atom is 0.219 e. The van der Waals surface area contributed by atoms with E-state index in [0.29, 0.717) is 0 Å². The lowest BCUT2D eigenvalue weighted by molar-refractivity contribution is -0.140. The van der Waals surface area contributed by atoms with Gasteiger partial charge in [-0.25, -0.2) is 0 Å². The van der Waals surface area contributed by atoms with Crippen LogP contribution in [-0.4, -0.2) is 47.9 Å². The zero-order chi connectivity index (χ0) is 10.9. The summed E-state index contributed by atoms with van der Waals surface area (Å²) in [7, 11) is 2.17. The molecule has 2 rings (SSSR count). The molecule has 2 aliphatic rings. The molecule has 86 valence electrons. The summed E-state index contributed by atoms with van der Waals surface area (Å²) in [5.74, 6) is 0.277. The van der Waals surface area contributed by atoms with Gasteiger partial charge in [-0.15, -0.1) is 0 Å². The third kappa shape index (κ3) is 2.03. The van der Waals surface area contributed by atoms with Gasteiger partial charge < -0.3 is 9.80 Å². The smallest absolute Gasteiger partial charge is 0.219 e. The average Bonchev–Trinajstić information content (AvgIpc) is 2.23. The number of piperidine rings is 2. The van der Waals surface area contributed by atoms with Gasteiger partial charge in [0.25, 0.3) is 0 Å². The van der Waals surface area contributed by atoms with Crippen molar-refractivity contribution in [3.63, 3.8) is 0 Å². The van der Waals surface area contributed by atoms with Crippen LogP contribution < -0.4 is 0 Å². The van der Waals surface area contributed by atoms with Crippen LogP contribution in [-0.2, 0) is 4.79 Å². The second-order valence-electron chi connectivity index (χ2n) is 5.16. The van der Waals surface area contributed by atoms with Crippen LogP contribution in [0.1, 0.15) is 39.0 Å². The lowest BCUT2D eigenvalue weighted by atomic mass is 9.78. The van der Waals surface area contributed by atoms with Crippen LogP contribution in [0.5, 0.6) is 0 Å². The standard InChI is InChI=1S/C12H22N2O/c1-11(15)14-8-4-3-5-12(14)6-9-13(2)10-7-12/h3-10H2,1-2H3. The minimum Gasteiger partial charge on any atom is -0.337 e. The van der Waals surface area contributed by atoms with Gasteiger partial charge in [-0.3, -0.25) is 4.79 Å². The molecule has 0 atom stereocenters. The predicted octanol–water partition coefficient (Wildman–Crippen LogP) is 1.48. The lowest BCUT2D eigenvalue weighted by Gasteiger charge is -2.51. The summed E-state index contributed by atoms with van der Waals surface area (Å²) >= 11 is 0. The van der Waals surface area contributed by atoms with E-state index in [-0.39, 0.29) is 11.4 Å². The van der Waals surface area contributed by atoms with Gasteiger partial charge in [-0.2, -0.15) is 0 Å². The molecule has 0 aliphatic carbocycles. The molecule has 0 unspecified atom stereocenters. The molecule has 0 bridgehead atoms. The van der Waals surface area contributed by atoms with Crippen molar-refractivity contribution in [2.24, 2.45) is 0 Å². The van der Waals surface area contributed by atoms with Crippen LogP contribution in [0, 0.1) is 0 Å². The fourth-order valence-electron chi connectivity index (χ4n) is 3.14. The molecule has 1 amide bonds. The molecule has 3 nitrogen and oxygen atoms in total. The molecule has 0 aromatic rings. The molecule has 15 heavy (non-hydrogen) atoms. The van der Waals surface area contributed by atoms with Crippen molar-refractivity contribution in [2.45, 2.75) is 44.6 Å². The Bertz CT molecular complexity index is 244. The monoisotopic (exact) mass is 210 g/mol. The van der Waals surface area contributed by atoms with E-state index in [1.54, 1.807) is 6.92 Å². The van der Waals surface area contributed by atoms with Crippen molar-refractivity contribution in [3.05, 3.63) is 0 Å². The lowest BCUT2D eigenvalue weighted by Crippen LogP contribution is -2.58. The van der Waals surface area contributed by atoms with E-state index >= 15 is 0 Å². The van der Waals surface area contributed by atoms with Crippen molar-refractivity contribution < 1.29 is 4.79 Å². The minimum atomic E-state index is 0.219. The summed E-state index contributed by atoms with van der Waals surface area (Å²) in [6, 6.07) is 0. The third-order valence-corrected chi connectivity index (χ3v) is 4.14. The second-order valence-corrected chi connectivity index (χ2v) is 5.16. The van der Waals surface area contributed by atoms with E-state index in [0.717, 1.165) is 19.6 Å². The Morgan fingerprint density at radius 3 is 2.33 bits per heavy atom. The topological polar surface area (TPSA) is 23.6 Å². The van der Waals surface area contributed by atoms with Crippen LogP contribution in [0.15, 0.2) is 0 Å². The number of rotatable bonds is 0. The molecule has 2 heterocycles. The zero-order valence-corrected chi connectivity index (χ0v) is 9.96. The molecule has 3 heteroatoms. The molecule has 0 aromatic heterocycles. The number of hydrogen-bond acceptors (Lipinski definition) is 2. The first-order valence-electron chi connectivity index (χ1n) is 6.11. The van der Waals surface area contributed by atoms with E-state index in [4.69, 9.17) is 0 Å². The average molecular weight is 210 g/mol. The SMILES string of the molecule is CC(=O)N1CCCCC12CCN(C)CC2. The van der Waals surface area contributed by atoms with E-state index in [9.17, 15) is 4.79 Å². The van der Waals surface area contributed by atoms with Gasteiger partial charge in [-0.1, -0.05) is 0 Å². The minimum absolute atomic E-state index is 0.219. The van der Waals surface area contributed by atoms with Gasteiger partial charge >= 0.3 is 0 Å². The Morgan fingerprint density at radius 1 is 1.07 bits per heavy atom. The molecule has 0 aromatic carbocycles. The maximum absolute atomic E-state index is 11.7. The number of carbonyl (C=O) groups is 1. The molecule has 2 saturated heterocycles. The predicted molar refractivity (Wildman–Crippen MR) is 60.7 cm³/mol. The van der Waals surface area contributed by atoms with E-state index in [2.05, 4.69) is 16.8 Å². The highest BCUT2D eigenvalue weighted by molar-refractivity contribution is 5.74. The summed E-state index contributed by atoms with van der Waals surface area (Å²) in [4.78, 5) is 16.2. The van der Waals surface area contributed by atoms with Crippen molar-refractivity contribution in [1.82, 2.24) is 9.80 Å². The summed E-state index contributed by atoms with van der Waals surface area (Å²) in [6.07, 6.45) is 6.05. The van der Waals surface area contributed by atoms with Crippen LogP contribution in [0.3, 0.4) is 0 Å². The fraction of sp³-hybridized carbons (Fsp3) is 0.917. The van der Waals surface area contributed by atoms with Crippen molar-refractivity contribution in [3.8, 4) is 0 Å². The van der Waals surface area contributed by atoms with Crippen LogP contribution in [0.4, 0.5) is 0 Å². The number of amides is 1. The fourth-order valence-corrected chi connectivity index (χ4v) is 3.14. The van der Waals surface area contributed by atoms with E-state index in [1.165, 1.54) is 32.1 Å². The highest BCUT2D eigenvalue weighted by atomic mass is 16.2. The summed E-state index contributed by atoms with van der Waals surface area (Å²) < 4.78 is 0. The Hall–Kier alpha value is -0.570. The Morgan fingerprint density at radius 2 is 1.73 bits per heavy atom. The number of carbonyl (C=O) groups excluding carboxylic acids is 1. The summed E-state index contributed by atoms with van der Waals surface area (Å²) in [6.45, 7) is 5.00. The van der Waals surface area contributed by atoms with Crippen LogP contribution in [0.2, 0.25) is 0 Å². The third-order valence-electron chi connectivity index (χ3n) is 4.14. The Labute approximate surface area is 92.4 Å². The maximum atomic E-state index is 11.7. The van der Waals surface area contributed by atoms with Gasteiger partial charge in [0.15, 0.2) is 0 Å². The Kier molecular flexibility index (Phi) is 3.01. The van der Waals surface area contributed by atoms with Crippen LogP contribution >= 0.6 is 0 Å². The quantitative estimate of drug-likeness (QED) is 0.604. The molecular weight excluding hydrogens is 188 g/mol. The first-order valence-corrected chi connectivity index (χ1v) is 6.11. The molecule has 1 spiro atoms. The van der Waals surface area contributed by atoms with E-state index in [1.807, 2.05) is 0 Å². The second kappa shape index (κ2) is 4.12. The molecule has 2 aliphatic heterocycles. The van der Waals surface area contributed by atoms with Crippen LogP contribution in [0.25, 0.3) is 0 Å². The largest absolute Gasteiger partial charge is 0.337 e. The number of nitrogens with zero attached hydrogens (tertiary/aromatic N) is 2. The number of likely N-dealkylation sites (tertiary alicyclic amines) is 2. The van der Waals surface area contributed by atoms with Gasteiger partial charge in [0.05, 0.1) is 0 Å². The summed E-state index contributed by atoms with van der Waals surface area (Å²) in [5, 5.41) is 0. The zero-order valence-electron chi connectivity index (χ0n) is 9.96. The van der Waals surface area contributed by atoms with E-state index < -0.39 is 0 Å². The molecule has 0 N–H and O–H groups in total. The van der Waals surface area contributed by atoms with Crippen molar-refractivity contribution in [2.75, 3.05) is 26.7 Å². The molecular formula is C12H22N2O. The van der Waals surface area contributed by atoms with Gasteiger partial charge in [0, 0.05) is 32.1 Å². The molecule has 0 saturated carbocycles. The first kappa shape index (κ1) is 10.9. The highest BCUT2D eigenvalue weighted by Gasteiger charge is 2.41. The van der Waals surface area contributed by atoms with Gasteiger partial charge in [0.2, 0.25) is 5.91 Å². The van der Waals surface area contributed by atoms with Gasteiger partial charge in [0.1, 0.15) is 0 Å². The normalized spacial score (nSPS) is 26.9.